The molecule has 1 aliphatic carbocycles. The Labute approximate surface area is 119 Å². The molecule has 0 aromatic carbocycles. The van der Waals surface area contributed by atoms with Gasteiger partial charge in [-0.05, 0) is 31.2 Å². The molecule has 1 fully saturated rings. The van der Waals surface area contributed by atoms with Crippen molar-refractivity contribution in [2.24, 2.45) is 0 Å². The zero-order chi connectivity index (χ0) is 14.7. The molecule has 0 spiro atoms. The van der Waals surface area contributed by atoms with Gasteiger partial charge in [-0.1, -0.05) is 0 Å². The van der Waals surface area contributed by atoms with Gasteiger partial charge >= 0.3 is 12.0 Å². The zero-order valence-electron chi connectivity index (χ0n) is 10.8. The molecule has 1 unspecified atom stereocenters. The Hall–Kier alpha value is -2.09. The van der Waals surface area contributed by atoms with Gasteiger partial charge in [0, 0.05) is 6.04 Å². The van der Waals surface area contributed by atoms with Crippen molar-refractivity contribution in [2.45, 2.75) is 31.8 Å². The van der Waals surface area contributed by atoms with Gasteiger partial charge in [-0.15, -0.1) is 11.3 Å². The van der Waals surface area contributed by atoms with E-state index in [2.05, 4.69) is 16.0 Å². The molecule has 1 heterocycles. The van der Waals surface area contributed by atoms with Crippen LogP contribution in [0, 0.1) is 0 Å². The molecule has 1 saturated carbocycles. The highest BCUT2D eigenvalue weighted by Gasteiger charge is 2.26. The normalized spacial score (nSPS) is 15.2. The molecule has 0 saturated heterocycles. The average molecular weight is 297 g/mol. The maximum Gasteiger partial charge on any atom is 0.338 e. The van der Waals surface area contributed by atoms with E-state index in [0.29, 0.717) is 0 Å². The molecule has 4 N–H and O–H groups in total. The number of carbonyl (C=O) groups is 3. The highest BCUT2D eigenvalue weighted by Crippen LogP contribution is 2.23. The van der Waals surface area contributed by atoms with Gasteiger partial charge in [-0.2, -0.15) is 0 Å². The number of anilines is 1. The van der Waals surface area contributed by atoms with Crippen LogP contribution in [-0.2, 0) is 4.79 Å². The summed E-state index contributed by atoms with van der Waals surface area (Å²) in [5.41, 5.74) is 0.0280. The summed E-state index contributed by atoms with van der Waals surface area (Å²) in [6.07, 6.45) is 1.95. The van der Waals surface area contributed by atoms with E-state index >= 15 is 0 Å². The second-order valence-electron chi connectivity index (χ2n) is 4.57. The van der Waals surface area contributed by atoms with Gasteiger partial charge in [0.1, 0.15) is 11.0 Å². The summed E-state index contributed by atoms with van der Waals surface area (Å²) in [6.45, 7) is 1.57. The van der Waals surface area contributed by atoms with Gasteiger partial charge in [0.15, 0.2) is 0 Å². The van der Waals surface area contributed by atoms with Crippen molar-refractivity contribution in [1.29, 1.82) is 0 Å². The summed E-state index contributed by atoms with van der Waals surface area (Å²) >= 11 is 1.11. The van der Waals surface area contributed by atoms with E-state index in [1.165, 1.54) is 6.07 Å². The molecule has 0 radical (unpaired) electrons. The first-order chi connectivity index (χ1) is 9.47. The molecule has 0 aliphatic heterocycles. The number of amides is 3. The van der Waals surface area contributed by atoms with E-state index in [1.807, 2.05) is 0 Å². The number of rotatable bonds is 5. The minimum Gasteiger partial charge on any atom is -0.478 e. The van der Waals surface area contributed by atoms with Crippen LogP contribution in [-0.4, -0.2) is 35.1 Å². The number of hydrogen-bond acceptors (Lipinski definition) is 4. The van der Waals surface area contributed by atoms with Gasteiger partial charge in [0.05, 0.1) is 5.56 Å². The number of urea groups is 1. The Morgan fingerprint density at radius 1 is 1.40 bits per heavy atom. The second kappa shape index (κ2) is 5.91. The Morgan fingerprint density at radius 2 is 2.10 bits per heavy atom. The molecule has 8 heteroatoms. The lowest BCUT2D eigenvalue weighted by atomic mass is 10.3. The van der Waals surface area contributed by atoms with E-state index in [-0.39, 0.29) is 22.5 Å². The van der Waals surface area contributed by atoms with Crippen LogP contribution in [0.3, 0.4) is 0 Å². The van der Waals surface area contributed by atoms with Gasteiger partial charge in [-0.3, -0.25) is 10.1 Å². The van der Waals surface area contributed by atoms with Crippen molar-refractivity contribution in [2.75, 3.05) is 5.32 Å². The number of carboxylic acids is 1. The van der Waals surface area contributed by atoms with Gasteiger partial charge < -0.3 is 15.7 Å². The fourth-order valence-corrected chi connectivity index (χ4v) is 2.30. The van der Waals surface area contributed by atoms with E-state index in [0.717, 1.165) is 24.2 Å². The monoisotopic (exact) mass is 297 g/mol. The fourth-order valence-electron chi connectivity index (χ4n) is 1.53. The molecule has 2 rings (SSSR count). The van der Waals surface area contributed by atoms with Crippen LogP contribution < -0.4 is 16.0 Å². The van der Waals surface area contributed by atoms with Crippen LogP contribution in [0.15, 0.2) is 11.4 Å². The number of hydrogen-bond donors (Lipinski definition) is 4. The van der Waals surface area contributed by atoms with Crippen molar-refractivity contribution in [1.82, 2.24) is 10.6 Å². The fraction of sp³-hybridized carbons (Fsp3) is 0.417. The van der Waals surface area contributed by atoms with E-state index < -0.39 is 18.0 Å². The van der Waals surface area contributed by atoms with E-state index in [4.69, 9.17) is 5.11 Å². The average Bonchev–Trinajstić information content (AvgIpc) is 3.05. The SMILES string of the molecule is CC(NC(=O)Nc1sccc1C(=O)O)C(=O)NC1CC1. The minimum atomic E-state index is -1.11. The third kappa shape index (κ3) is 3.70. The van der Waals surface area contributed by atoms with Gasteiger partial charge in [-0.25, -0.2) is 9.59 Å². The summed E-state index contributed by atoms with van der Waals surface area (Å²) in [5.74, 6) is -1.35. The van der Waals surface area contributed by atoms with Crippen LogP contribution >= 0.6 is 11.3 Å². The summed E-state index contributed by atoms with van der Waals surface area (Å²) < 4.78 is 0. The highest BCUT2D eigenvalue weighted by atomic mass is 32.1. The molecule has 3 amide bonds. The lowest BCUT2D eigenvalue weighted by Gasteiger charge is -2.14. The van der Waals surface area contributed by atoms with Crippen LogP contribution in [0.25, 0.3) is 0 Å². The molecule has 1 aromatic rings. The molecule has 108 valence electrons. The molecule has 20 heavy (non-hydrogen) atoms. The van der Waals surface area contributed by atoms with Crippen molar-refractivity contribution in [3.63, 3.8) is 0 Å². The first kappa shape index (κ1) is 14.3. The van der Waals surface area contributed by atoms with Crippen molar-refractivity contribution < 1.29 is 19.5 Å². The number of nitrogens with one attached hydrogen (secondary N) is 3. The third-order valence-corrected chi connectivity index (χ3v) is 3.62. The second-order valence-corrected chi connectivity index (χ2v) is 5.49. The van der Waals surface area contributed by atoms with E-state index in [1.54, 1.807) is 12.3 Å². The van der Waals surface area contributed by atoms with Crippen molar-refractivity contribution in [3.05, 3.63) is 17.0 Å². The molecule has 1 aromatic heterocycles. The largest absolute Gasteiger partial charge is 0.478 e. The molecule has 7 nitrogen and oxygen atoms in total. The standard InChI is InChI=1S/C12H15N3O4S/c1-6(9(16)14-7-2-3-7)13-12(19)15-10-8(11(17)18)4-5-20-10/h4-7H,2-3H2,1H3,(H,14,16)(H,17,18)(H2,13,15,19). The molecular weight excluding hydrogens is 282 g/mol. The summed E-state index contributed by atoms with van der Waals surface area (Å²) in [6, 6.07) is 0.356. The van der Waals surface area contributed by atoms with Crippen LogP contribution in [0.1, 0.15) is 30.1 Å². The Bertz CT molecular complexity index is 539. The number of thiophene rings is 1. The van der Waals surface area contributed by atoms with Crippen LogP contribution in [0.5, 0.6) is 0 Å². The molecule has 1 atom stereocenters. The Kier molecular flexibility index (Phi) is 4.23. The minimum absolute atomic E-state index is 0.0280. The highest BCUT2D eigenvalue weighted by molar-refractivity contribution is 7.14. The van der Waals surface area contributed by atoms with Crippen molar-refractivity contribution >= 4 is 34.2 Å². The zero-order valence-corrected chi connectivity index (χ0v) is 11.6. The van der Waals surface area contributed by atoms with E-state index in [9.17, 15) is 14.4 Å². The summed E-state index contributed by atoms with van der Waals surface area (Å²) in [5, 5.41) is 18.4. The first-order valence-electron chi connectivity index (χ1n) is 6.16. The first-order valence-corrected chi connectivity index (χ1v) is 7.04. The van der Waals surface area contributed by atoms with Crippen LogP contribution in [0.2, 0.25) is 0 Å². The maximum atomic E-state index is 11.7. The predicted octanol–water partition coefficient (Wildman–Crippen LogP) is 1.23. The Balaban J connectivity index is 1.86. The predicted molar refractivity (Wildman–Crippen MR) is 74.1 cm³/mol. The topological polar surface area (TPSA) is 108 Å². The smallest absolute Gasteiger partial charge is 0.338 e. The summed E-state index contributed by atoms with van der Waals surface area (Å²) in [4.78, 5) is 34.3. The molecular formula is C12H15N3O4S. The summed E-state index contributed by atoms with van der Waals surface area (Å²) in [7, 11) is 0. The number of aromatic carboxylic acids is 1. The van der Waals surface area contributed by atoms with Crippen molar-refractivity contribution in [3.8, 4) is 0 Å². The molecule has 0 bridgehead atoms. The Morgan fingerprint density at radius 3 is 2.70 bits per heavy atom. The lowest BCUT2D eigenvalue weighted by molar-refractivity contribution is -0.122. The number of carboxylic acid groups (broad SMARTS) is 1. The maximum absolute atomic E-state index is 11.7. The van der Waals surface area contributed by atoms with Crippen LogP contribution in [0.4, 0.5) is 9.80 Å². The van der Waals surface area contributed by atoms with Gasteiger partial charge in [0.25, 0.3) is 0 Å². The quantitative estimate of drug-likeness (QED) is 0.655. The number of carbonyl (C=O) groups excluding carboxylic acids is 2. The van der Waals surface area contributed by atoms with Gasteiger partial charge in [0.2, 0.25) is 5.91 Å². The molecule has 1 aliphatic rings. The third-order valence-electron chi connectivity index (χ3n) is 2.79. The lowest BCUT2D eigenvalue weighted by Crippen LogP contribution is -2.46.